The van der Waals surface area contributed by atoms with Gasteiger partial charge in [-0.2, -0.15) is 0 Å². The van der Waals surface area contributed by atoms with Crippen LogP contribution in [0.3, 0.4) is 0 Å². The summed E-state index contributed by atoms with van der Waals surface area (Å²) in [5.41, 5.74) is 6.11. The van der Waals surface area contributed by atoms with Crippen molar-refractivity contribution >= 4 is 28.7 Å². The summed E-state index contributed by atoms with van der Waals surface area (Å²) in [4.78, 5) is 29.1. The van der Waals surface area contributed by atoms with Crippen molar-refractivity contribution in [2.75, 3.05) is 31.1 Å². The van der Waals surface area contributed by atoms with Crippen LogP contribution in [0.25, 0.3) is 22.0 Å². The number of carbonyl (C=O) groups excluding carboxylic acids is 1. The standard InChI is InChI=1S/C34H39N3O4/c1-23(2)41-33(40)36-19-17-35(18-20-36)27-10-8-9-24(21-27)22-37-29-12-7-6-11-28(29)30(31(37)32(38)39)25-13-15-26(16-14-25)34(3,4)5/h6-16,21,23H,17-20,22H2,1-5H3,(H,38,39). The second-order valence-electron chi connectivity index (χ2n) is 12.0. The number of hydrogen-bond acceptors (Lipinski definition) is 4. The van der Waals surface area contributed by atoms with Crippen molar-refractivity contribution in [3.8, 4) is 11.1 Å². The Balaban J connectivity index is 1.46. The van der Waals surface area contributed by atoms with Crippen LogP contribution in [-0.4, -0.2) is 58.9 Å². The van der Waals surface area contributed by atoms with Crippen molar-refractivity contribution < 1.29 is 19.4 Å². The number of amides is 1. The van der Waals surface area contributed by atoms with E-state index in [1.807, 2.05) is 66.9 Å². The fraction of sp³-hybridized carbons (Fsp3) is 0.353. The molecule has 0 bridgehead atoms. The van der Waals surface area contributed by atoms with Crippen LogP contribution in [0.5, 0.6) is 0 Å². The number of rotatable bonds is 6. The Kier molecular flexibility index (Phi) is 7.80. The molecule has 0 radical (unpaired) electrons. The molecule has 1 N–H and O–H groups in total. The van der Waals surface area contributed by atoms with Gasteiger partial charge in [0.2, 0.25) is 0 Å². The Bertz CT molecular complexity index is 1560. The monoisotopic (exact) mass is 553 g/mol. The zero-order chi connectivity index (χ0) is 29.3. The van der Waals surface area contributed by atoms with E-state index in [-0.39, 0.29) is 23.3 Å². The summed E-state index contributed by atoms with van der Waals surface area (Å²) in [7, 11) is 0. The first kappa shape index (κ1) is 28.3. The zero-order valence-electron chi connectivity index (χ0n) is 24.6. The number of nitrogens with zero attached hydrogens (tertiary/aromatic N) is 3. The number of aromatic nitrogens is 1. The van der Waals surface area contributed by atoms with Gasteiger partial charge in [-0.3, -0.25) is 0 Å². The number of ether oxygens (including phenoxy) is 1. The molecule has 1 amide bonds. The molecular formula is C34H39N3O4. The van der Waals surface area contributed by atoms with Gasteiger partial charge in [-0.05, 0) is 54.2 Å². The van der Waals surface area contributed by atoms with E-state index >= 15 is 0 Å². The third-order valence-electron chi connectivity index (χ3n) is 7.70. The summed E-state index contributed by atoms with van der Waals surface area (Å²) in [5, 5.41) is 11.4. The number of para-hydroxylation sites is 1. The van der Waals surface area contributed by atoms with Gasteiger partial charge >= 0.3 is 12.1 Å². The average Bonchev–Trinajstić information content (AvgIpc) is 3.27. The van der Waals surface area contributed by atoms with Crippen LogP contribution in [0.1, 0.15) is 56.2 Å². The maximum atomic E-state index is 12.8. The first-order chi connectivity index (χ1) is 19.5. The number of carbonyl (C=O) groups is 2. The number of anilines is 1. The van der Waals surface area contributed by atoms with Gasteiger partial charge in [-0.25, -0.2) is 9.59 Å². The minimum absolute atomic E-state index is 0.0111. The minimum Gasteiger partial charge on any atom is -0.477 e. The molecule has 1 aliphatic heterocycles. The lowest BCUT2D eigenvalue weighted by Crippen LogP contribution is -2.49. The van der Waals surface area contributed by atoms with Crippen molar-refractivity contribution in [2.45, 2.75) is 52.7 Å². The fourth-order valence-electron chi connectivity index (χ4n) is 5.58. The quantitative estimate of drug-likeness (QED) is 0.278. The number of benzene rings is 3. The lowest BCUT2D eigenvalue weighted by atomic mass is 9.86. The predicted molar refractivity (Wildman–Crippen MR) is 164 cm³/mol. The average molecular weight is 554 g/mol. The summed E-state index contributed by atoms with van der Waals surface area (Å²) in [5.74, 6) is -0.948. The van der Waals surface area contributed by atoms with Gasteiger partial charge in [0.1, 0.15) is 5.69 Å². The van der Waals surface area contributed by atoms with Crippen molar-refractivity contribution in [3.05, 3.63) is 89.6 Å². The summed E-state index contributed by atoms with van der Waals surface area (Å²) < 4.78 is 7.27. The van der Waals surface area contributed by atoms with Crippen LogP contribution >= 0.6 is 0 Å². The van der Waals surface area contributed by atoms with E-state index in [4.69, 9.17) is 4.74 Å². The molecule has 1 fully saturated rings. The number of hydrogen-bond donors (Lipinski definition) is 1. The van der Waals surface area contributed by atoms with E-state index in [0.29, 0.717) is 32.7 Å². The van der Waals surface area contributed by atoms with Crippen LogP contribution in [-0.2, 0) is 16.7 Å². The van der Waals surface area contributed by atoms with Gasteiger partial charge in [-0.1, -0.05) is 75.4 Å². The van der Waals surface area contributed by atoms with Crippen molar-refractivity contribution in [1.29, 1.82) is 0 Å². The van der Waals surface area contributed by atoms with Gasteiger partial charge in [0.15, 0.2) is 0 Å². The molecule has 0 saturated carbocycles. The molecule has 3 aromatic carbocycles. The van der Waals surface area contributed by atoms with Crippen molar-refractivity contribution in [2.24, 2.45) is 0 Å². The number of piperazine rings is 1. The Hall–Kier alpha value is -4.26. The highest BCUT2D eigenvalue weighted by Gasteiger charge is 2.26. The van der Waals surface area contributed by atoms with Crippen LogP contribution < -0.4 is 4.90 Å². The predicted octanol–water partition coefficient (Wildman–Crippen LogP) is 7.02. The van der Waals surface area contributed by atoms with Crippen molar-refractivity contribution in [3.63, 3.8) is 0 Å². The highest BCUT2D eigenvalue weighted by molar-refractivity contribution is 6.08. The molecule has 0 aliphatic carbocycles. The van der Waals surface area contributed by atoms with E-state index < -0.39 is 5.97 Å². The molecule has 1 aromatic heterocycles. The minimum atomic E-state index is -0.948. The molecule has 7 heteroatoms. The van der Waals surface area contributed by atoms with Crippen LogP contribution in [0, 0.1) is 0 Å². The number of fused-ring (bicyclic) bond motifs is 1. The Morgan fingerprint density at radius 3 is 2.22 bits per heavy atom. The van der Waals surface area contributed by atoms with E-state index in [9.17, 15) is 14.7 Å². The topological polar surface area (TPSA) is 75.0 Å². The molecule has 5 rings (SSSR count). The van der Waals surface area contributed by atoms with E-state index in [0.717, 1.165) is 33.3 Å². The summed E-state index contributed by atoms with van der Waals surface area (Å²) >= 11 is 0. The van der Waals surface area contributed by atoms with E-state index in [1.165, 1.54) is 5.56 Å². The van der Waals surface area contributed by atoms with Crippen LogP contribution in [0.15, 0.2) is 72.8 Å². The van der Waals surface area contributed by atoms with Gasteiger partial charge in [0, 0.05) is 54.9 Å². The van der Waals surface area contributed by atoms with Gasteiger partial charge in [0.25, 0.3) is 0 Å². The Morgan fingerprint density at radius 1 is 0.902 bits per heavy atom. The molecule has 1 aliphatic rings. The van der Waals surface area contributed by atoms with Crippen molar-refractivity contribution in [1.82, 2.24) is 9.47 Å². The normalized spacial score (nSPS) is 14.1. The highest BCUT2D eigenvalue weighted by atomic mass is 16.6. The molecule has 0 unspecified atom stereocenters. The summed E-state index contributed by atoms with van der Waals surface area (Å²) in [6.07, 6.45) is -0.404. The maximum absolute atomic E-state index is 12.8. The molecule has 4 aromatic rings. The smallest absolute Gasteiger partial charge is 0.410 e. The van der Waals surface area contributed by atoms with Gasteiger partial charge in [-0.15, -0.1) is 0 Å². The van der Waals surface area contributed by atoms with E-state index in [1.54, 1.807) is 4.90 Å². The molecule has 0 spiro atoms. The Morgan fingerprint density at radius 2 is 1.59 bits per heavy atom. The Labute approximate surface area is 242 Å². The first-order valence-corrected chi connectivity index (χ1v) is 14.3. The maximum Gasteiger partial charge on any atom is 0.410 e. The lowest BCUT2D eigenvalue weighted by Gasteiger charge is -2.36. The fourth-order valence-corrected chi connectivity index (χ4v) is 5.58. The lowest BCUT2D eigenvalue weighted by molar-refractivity contribution is 0.0685. The molecule has 7 nitrogen and oxygen atoms in total. The van der Waals surface area contributed by atoms with Gasteiger partial charge in [0.05, 0.1) is 6.10 Å². The third-order valence-corrected chi connectivity index (χ3v) is 7.70. The number of carboxylic acid groups (broad SMARTS) is 1. The summed E-state index contributed by atoms with van der Waals surface area (Å²) in [6, 6.07) is 24.4. The summed E-state index contributed by atoms with van der Waals surface area (Å²) in [6.45, 7) is 13.3. The van der Waals surface area contributed by atoms with Gasteiger partial charge < -0.3 is 24.2 Å². The molecule has 1 saturated heterocycles. The highest BCUT2D eigenvalue weighted by Crippen LogP contribution is 2.37. The number of aromatic carboxylic acids is 1. The molecular weight excluding hydrogens is 514 g/mol. The molecule has 214 valence electrons. The van der Waals surface area contributed by atoms with E-state index in [2.05, 4.69) is 49.9 Å². The first-order valence-electron chi connectivity index (χ1n) is 14.3. The zero-order valence-corrected chi connectivity index (χ0v) is 24.6. The molecule has 2 heterocycles. The molecule has 0 atom stereocenters. The SMILES string of the molecule is CC(C)OC(=O)N1CCN(c2cccc(Cn3c(C(=O)O)c(-c4ccc(C(C)(C)C)cc4)c4ccccc43)c2)CC1. The third kappa shape index (κ3) is 5.94. The van der Waals surface area contributed by atoms with Crippen LogP contribution in [0.4, 0.5) is 10.5 Å². The largest absolute Gasteiger partial charge is 0.477 e. The second kappa shape index (κ2) is 11.3. The number of carboxylic acids is 1. The second-order valence-corrected chi connectivity index (χ2v) is 12.0. The molecule has 41 heavy (non-hydrogen) atoms. The van der Waals surface area contributed by atoms with Crippen LogP contribution in [0.2, 0.25) is 0 Å².